The number of primary sulfonamides is 1. The quantitative estimate of drug-likeness (QED) is 0.521. The second-order valence-electron chi connectivity index (χ2n) is 5.47. The standard InChI is InChI=1S/C18H15N3O3S3/c1-3-10-21-14-9-8-12(27(19,23)24)11-16(14)26-18(21)20-17(22)13-6-4-5-7-15(13)25-2/h1,4-9,11H,10H2,2H3,(H2,19,23,24). The number of amides is 1. The lowest BCUT2D eigenvalue weighted by molar-refractivity contribution is 0.0995. The first-order chi connectivity index (χ1) is 12.8. The van der Waals surface area contributed by atoms with Crippen LogP contribution in [0, 0.1) is 12.3 Å². The van der Waals surface area contributed by atoms with Crippen LogP contribution in [0.15, 0.2) is 57.2 Å². The lowest BCUT2D eigenvalue weighted by Crippen LogP contribution is -2.16. The normalized spacial score (nSPS) is 12.3. The van der Waals surface area contributed by atoms with Crippen LogP contribution in [-0.4, -0.2) is 25.1 Å². The maximum absolute atomic E-state index is 12.7. The molecule has 3 aromatic rings. The summed E-state index contributed by atoms with van der Waals surface area (Å²) in [6.07, 6.45) is 7.34. The SMILES string of the molecule is C#CCn1c(=NC(=O)c2ccccc2SC)sc2cc(S(N)(=O)=O)ccc21. The smallest absolute Gasteiger partial charge is 0.280 e. The fourth-order valence-corrected chi connectivity index (χ4v) is 4.80. The largest absolute Gasteiger partial charge is 0.305 e. The van der Waals surface area contributed by atoms with Crippen LogP contribution in [0.3, 0.4) is 0 Å². The van der Waals surface area contributed by atoms with E-state index in [0.29, 0.717) is 20.6 Å². The van der Waals surface area contributed by atoms with Crippen LogP contribution in [0.1, 0.15) is 10.4 Å². The maximum Gasteiger partial charge on any atom is 0.280 e. The van der Waals surface area contributed by atoms with Crippen molar-refractivity contribution in [3.63, 3.8) is 0 Å². The molecule has 0 atom stereocenters. The molecule has 1 heterocycles. The number of rotatable bonds is 4. The summed E-state index contributed by atoms with van der Waals surface area (Å²) in [6.45, 7) is 0.199. The van der Waals surface area contributed by atoms with Gasteiger partial charge in [-0.05, 0) is 36.6 Å². The Morgan fingerprint density at radius 1 is 1.33 bits per heavy atom. The Morgan fingerprint density at radius 3 is 2.74 bits per heavy atom. The number of hydrogen-bond acceptors (Lipinski definition) is 5. The molecular formula is C18H15N3O3S3. The summed E-state index contributed by atoms with van der Waals surface area (Å²) in [4.78, 5) is 18.2. The second kappa shape index (κ2) is 7.70. The van der Waals surface area contributed by atoms with Crippen LogP contribution < -0.4 is 9.94 Å². The topological polar surface area (TPSA) is 94.5 Å². The van der Waals surface area contributed by atoms with E-state index in [9.17, 15) is 13.2 Å². The van der Waals surface area contributed by atoms with Crippen molar-refractivity contribution in [1.82, 2.24) is 4.57 Å². The van der Waals surface area contributed by atoms with Crippen molar-refractivity contribution in [2.45, 2.75) is 16.3 Å². The Kier molecular flexibility index (Phi) is 5.53. The minimum Gasteiger partial charge on any atom is -0.305 e. The molecule has 27 heavy (non-hydrogen) atoms. The lowest BCUT2D eigenvalue weighted by atomic mass is 10.2. The molecule has 1 aromatic heterocycles. The van der Waals surface area contributed by atoms with Gasteiger partial charge in [0.05, 0.1) is 27.2 Å². The number of nitrogens with two attached hydrogens (primary N) is 1. The van der Waals surface area contributed by atoms with Gasteiger partial charge in [0.15, 0.2) is 4.80 Å². The average Bonchev–Trinajstić information content (AvgIpc) is 2.97. The number of hydrogen-bond donors (Lipinski definition) is 1. The van der Waals surface area contributed by atoms with Crippen molar-refractivity contribution >= 4 is 49.2 Å². The van der Waals surface area contributed by atoms with Crippen LogP contribution >= 0.6 is 23.1 Å². The Labute approximate surface area is 164 Å². The van der Waals surface area contributed by atoms with Crippen molar-refractivity contribution in [3.05, 3.63) is 52.8 Å². The Bertz CT molecular complexity index is 1250. The first-order valence-electron chi connectivity index (χ1n) is 7.67. The van der Waals surface area contributed by atoms with Crippen LogP contribution in [-0.2, 0) is 16.6 Å². The van der Waals surface area contributed by atoms with Crippen molar-refractivity contribution in [2.75, 3.05) is 6.26 Å². The van der Waals surface area contributed by atoms with Gasteiger partial charge in [-0.3, -0.25) is 4.79 Å². The molecule has 0 saturated heterocycles. The van der Waals surface area contributed by atoms with Crippen LogP contribution in [0.2, 0.25) is 0 Å². The number of sulfonamides is 1. The third kappa shape index (κ3) is 3.99. The van der Waals surface area contributed by atoms with E-state index >= 15 is 0 Å². The molecule has 6 nitrogen and oxygen atoms in total. The fraction of sp³-hybridized carbons (Fsp3) is 0.111. The summed E-state index contributed by atoms with van der Waals surface area (Å²) in [7, 11) is -3.83. The molecule has 2 aromatic carbocycles. The van der Waals surface area contributed by atoms with E-state index in [-0.39, 0.29) is 17.3 Å². The summed E-state index contributed by atoms with van der Waals surface area (Å²) in [5.74, 6) is 2.15. The molecule has 0 fully saturated rings. The van der Waals surface area contributed by atoms with E-state index in [4.69, 9.17) is 11.6 Å². The van der Waals surface area contributed by atoms with Gasteiger partial charge in [-0.25, -0.2) is 13.6 Å². The molecule has 0 aliphatic heterocycles. The van der Waals surface area contributed by atoms with Crippen LogP contribution in [0.25, 0.3) is 10.2 Å². The minimum absolute atomic E-state index is 0.00490. The Hall–Kier alpha value is -2.38. The van der Waals surface area contributed by atoms with Gasteiger partial charge in [0, 0.05) is 4.90 Å². The molecule has 0 bridgehead atoms. The number of aromatic nitrogens is 1. The summed E-state index contributed by atoms with van der Waals surface area (Å²) < 4.78 is 25.5. The van der Waals surface area contributed by atoms with Crippen molar-refractivity contribution in [2.24, 2.45) is 10.1 Å². The van der Waals surface area contributed by atoms with Crippen molar-refractivity contribution in [1.29, 1.82) is 0 Å². The molecule has 0 saturated carbocycles. The van der Waals surface area contributed by atoms with E-state index in [0.717, 1.165) is 4.90 Å². The molecule has 9 heteroatoms. The van der Waals surface area contributed by atoms with Gasteiger partial charge in [0.25, 0.3) is 5.91 Å². The zero-order valence-electron chi connectivity index (χ0n) is 14.2. The number of carbonyl (C=O) groups excluding carboxylic acids is 1. The number of carbonyl (C=O) groups is 1. The number of nitrogens with zero attached hydrogens (tertiary/aromatic N) is 2. The van der Waals surface area contributed by atoms with Crippen LogP contribution in [0.4, 0.5) is 0 Å². The van der Waals surface area contributed by atoms with Crippen molar-refractivity contribution < 1.29 is 13.2 Å². The molecule has 0 radical (unpaired) electrons. The highest BCUT2D eigenvalue weighted by Gasteiger charge is 2.14. The molecule has 0 aliphatic rings. The molecule has 2 N–H and O–H groups in total. The van der Waals surface area contributed by atoms with E-state index in [1.54, 1.807) is 22.8 Å². The minimum atomic E-state index is -3.83. The maximum atomic E-state index is 12.7. The van der Waals surface area contributed by atoms with E-state index in [1.165, 1.54) is 35.2 Å². The number of terminal acetylenes is 1. The van der Waals surface area contributed by atoms with E-state index in [2.05, 4.69) is 10.9 Å². The third-order valence-electron chi connectivity index (χ3n) is 3.77. The van der Waals surface area contributed by atoms with Gasteiger partial charge < -0.3 is 4.57 Å². The zero-order chi connectivity index (χ0) is 19.6. The molecule has 3 rings (SSSR count). The summed E-state index contributed by atoms with van der Waals surface area (Å²) >= 11 is 2.65. The van der Waals surface area contributed by atoms with Crippen molar-refractivity contribution in [3.8, 4) is 12.3 Å². The first-order valence-corrected chi connectivity index (χ1v) is 11.3. The average molecular weight is 418 g/mol. The van der Waals surface area contributed by atoms with Gasteiger partial charge in [-0.15, -0.1) is 18.2 Å². The third-order valence-corrected chi connectivity index (χ3v) is 6.51. The number of benzene rings is 2. The molecular weight excluding hydrogens is 402 g/mol. The van der Waals surface area contributed by atoms with Crippen LogP contribution in [0.5, 0.6) is 0 Å². The summed E-state index contributed by atoms with van der Waals surface area (Å²) in [5, 5.41) is 5.20. The van der Waals surface area contributed by atoms with Gasteiger partial charge in [-0.2, -0.15) is 4.99 Å². The lowest BCUT2D eigenvalue weighted by Gasteiger charge is -2.03. The van der Waals surface area contributed by atoms with Gasteiger partial charge in [0.2, 0.25) is 10.0 Å². The number of thioether (sulfide) groups is 1. The highest BCUT2D eigenvalue weighted by Crippen LogP contribution is 2.23. The fourth-order valence-electron chi connectivity index (χ4n) is 2.53. The van der Waals surface area contributed by atoms with E-state index < -0.39 is 10.0 Å². The molecule has 0 aliphatic carbocycles. The summed E-state index contributed by atoms with van der Waals surface area (Å²) in [5.41, 5.74) is 1.19. The van der Waals surface area contributed by atoms with Gasteiger partial charge >= 0.3 is 0 Å². The number of fused-ring (bicyclic) bond motifs is 1. The molecule has 138 valence electrons. The van der Waals surface area contributed by atoms with Gasteiger partial charge in [-0.1, -0.05) is 29.4 Å². The molecule has 0 spiro atoms. The predicted octanol–water partition coefficient (Wildman–Crippen LogP) is 2.45. The Balaban J connectivity index is 2.20. The zero-order valence-corrected chi connectivity index (χ0v) is 16.7. The first kappa shape index (κ1) is 19.4. The highest BCUT2D eigenvalue weighted by molar-refractivity contribution is 7.98. The van der Waals surface area contributed by atoms with E-state index in [1.807, 2.05) is 18.4 Å². The molecule has 0 unspecified atom stereocenters. The monoisotopic (exact) mass is 417 g/mol. The molecule has 1 amide bonds. The number of thiazole rings is 1. The summed E-state index contributed by atoms with van der Waals surface area (Å²) in [6, 6.07) is 11.7. The predicted molar refractivity (Wildman–Crippen MR) is 108 cm³/mol. The highest BCUT2D eigenvalue weighted by atomic mass is 32.2. The second-order valence-corrected chi connectivity index (χ2v) is 8.89. The Morgan fingerprint density at radius 2 is 2.07 bits per heavy atom. The van der Waals surface area contributed by atoms with Gasteiger partial charge in [0.1, 0.15) is 0 Å².